The van der Waals surface area contributed by atoms with Crippen molar-refractivity contribution in [2.75, 3.05) is 4.90 Å². The molecule has 1 heteroatoms. The number of fused-ring (bicyclic) bond motifs is 2. The highest BCUT2D eigenvalue weighted by Crippen LogP contribution is 2.52. The summed E-state index contributed by atoms with van der Waals surface area (Å²) in [6, 6.07) is 59.5. The third-order valence-corrected chi connectivity index (χ3v) is 9.25. The van der Waals surface area contributed by atoms with Crippen LogP contribution in [0.2, 0.25) is 0 Å². The minimum atomic E-state index is -0.124. The van der Waals surface area contributed by atoms with Crippen LogP contribution in [0.1, 0.15) is 25.0 Å². The van der Waals surface area contributed by atoms with E-state index in [1.165, 1.54) is 55.3 Å². The molecule has 7 aromatic carbocycles. The zero-order chi connectivity index (χ0) is 29.7. The van der Waals surface area contributed by atoms with Gasteiger partial charge in [-0.2, -0.15) is 0 Å². The second-order valence-electron chi connectivity index (χ2n) is 12.2. The zero-order valence-corrected chi connectivity index (χ0v) is 25.0. The van der Waals surface area contributed by atoms with Crippen molar-refractivity contribution in [1.82, 2.24) is 0 Å². The summed E-state index contributed by atoms with van der Waals surface area (Å²) < 4.78 is 0. The Morgan fingerprint density at radius 3 is 1.64 bits per heavy atom. The van der Waals surface area contributed by atoms with Crippen LogP contribution in [0, 0.1) is 0 Å². The van der Waals surface area contributed by atoms with Gasteiger partial charge in [-0.05, 0) is 97.7 Å². The third kappa shape index (κ3) is 4.24. The molecule has 0 N–H and O–H groups in total. The minimum Gasteiger partial charge on any atom is -0.311 e. The molecule has 8 rings (SSSR count). The average Bonchev–Trinajstić information content (AvgIpc) is 3.09. The molecule has 0 saturated carbocycles. The number of hydrogen-bond donors (Lipinski definition) is 0. The fraction of sp³-hybridized carbons (Fsp3) is 0.0698. The molecule has 0 unspecified atom stereocenters. The van der Waals surface area contributed by atoms with Crippen LogP contribution in [0.15, 0.2) is 164 Å². The number of rotatable bonds is 5. The summed E-state index contributed by atoms with van der Waals surface area (Å²) in [6.45, 7) is 4.75. The SMILES string of the molecule is CC1(C)c2cc(-c3ccccc3)ccc2-c2c(-c3ccc(N(c4ccccc4)c4ccccc4)cc3)ccc3cccc1c23. The molecular formula is C43H33N. The van der Waals surface area contributed by atoms with Crippen LogP contribution in [0.4, 0.5) is 17.1 Å². The summed E-state index contributed by atoms with van der Waals surface area (Å²) in [4.78, 5) is 2.31. The summed E-state index contributed by atoms with van der Waals surface area (Å²) in [7, 11) is 0. The molecule has 1 aliphatic carbocycles. The molecule has 0 spiro atoms. The molecule has 0 atom stereocenters. The van der Waals surface area contributed by atoms with Crippen LogP contribution in [-0.2, 0) is 5.41 Å². The summed E-state index contributed by atoms with van der Waals surface area (Å²) in [5, 5.41) is 2.66. The number of hydrogen-bond acceptors (Lipinski definition) is 1. The Bertz CT molecular complexity index is 2070. The Kier molecular flexibility index (Phi) is 6.20. The van der Waals surface area contributed by atoms with Crippen LogP contribution in [0.25, 0.3) is 44.2 Å². The smallest absolute Gasteiger partial charge is 0.0462 e. The summed E-state index contributed by atoms with van der Waals surface area (Å²) in [5.41, 5.74) is 13.7. The van der Waals surface area contributed by atoms with E-state index in [2.05, 4.69) is 183 Å². The van der Waals surface area contributed by atoms with Gasteiger partial charge >= 0.3 is 0 Å². The van der Waals surface area contributed by atoms with Crippen LogP contribution < -0.4 is 4.90 Å². The average molecular weight is 564 g/mol. The van der Waals surface area contributed by atoms with E-state index in [4.69, 9.17) is 0 Å². The molecule has 0 aromatic heterocycles. The van der Waals surface area contributed by atoms with Crippen molar-refractivity contribution in [2.24, 2.45) is 0 Å². The molecule has 0 radical (unpaired) electrons. The molecular weight excluding hydrogens is 530 g/mol. The lowest BCUT2D eigenvalue weighted by Gasteiger charge is -2.36. The summed E-state index contributed by atoms with van der Waals surface area (Å²) in [6.07, 6.45) is 0. The second kappa shape index (κ2) is 10.4. The number of nitrogens with zero attached hydrogens (tertiary/aromatic N) is 1. The minimum absolute atomic E-state index is 0.124. The van der Waals surface area contributed by atoms with Crippen molar-refractivity contribution in [1.29, 1.82) is 0 Å². The number of para-hydroxylation sites is 2. The Labute approximate surface area is 259 Å². The zero-order valence-electron chi connectivity index (χ0n) is 25.0. The molecule has 0 fully saturated rings. The molecule has 0 saturated heterocycles. The highest BCUT2D eigenvalue weighted by atomic mass is 15.1. The molecule has 44 heavy (non-hydrogen) atoms. The van der Waals surface area contributed by atoms with E-state index in [0.29, 0.717) is 0 Å². The van der Waals surface area contributed by atoms with E-state index >= 15 is 0 Å². The van der Waals surface area contributed by atoms with Crippen LogP contribution >= 0.6 is 0 Å². The van der Waals surface area contributed by atoms with E-state index in [-0.39, 0.29) is 5.41 Å². The fourth-order valence-corrected chi connectivity index (χ4v) is 7.05. The summed E-state index contributed by atoms with van der Waals surface area (Å²) in [5.74, 6) is 0. The maximum Gasteiger partial charge on any atom is 0.0462 e. The Balaban J connectivity index is 1.30. The van der Waals surface area contributed by atoms with Gasteiger partial charge in [0.1, 0.15) is 0 Å². The maximum absolute atomic E-state index is 2.42. The molecule has 0 amide bonds. The van der Waals surface area contributed by atoms with Gasteiger partial charge in [0.15, 0.2) is 0 Å². The van der Waals surface area contributed by atoms with Gasteiger partial charge in [0.2, 0.25) is 0 Å². The lowest BCUT2D eigenvalue weighted by atomic mass is 9.67. The predicted octanol–water partition coefficient (Wildman–Crippen LogP) is 11.9. The van der Waals surface area contributed by atoms with Crippen molar-refractivity contribution in [2.45, 2.75) is 19.3 Å². The van der Waals surface area contributed by atoms with Gasteiger partial charge in [0.25, 0.3) is 0 Å². The van der Waals surface area contributed by atoms with E-state index in [1.807, 2.05) is 0 Å². The highest BCUT2D eigenvalue weighted by molar-refractivity contribution is 6.09. The largest absolute Gasteiger partial charge is 0.311 e. The first-order chi connectivity index (χ1) is 21.6. The van der Waals surface area contributed by atoms with Crippen LogP contribution in [0.5, 0.6) is 0 Å². The normalized spacial score (nSPS) is 13.0. The second-order valence-corrected chi connectivity index (χ2v) is 12.2. The summed E-state index contributed by atoms with van der Waals surface area (Å²) >= 11 is 0. The Morgan fingerprint density at radius 1 is 0.409 bits per heavy atom. The van der Waals surface area contributed by atoms with Gasteiger partial charge < -0.3 is 4.90 Å². The molecule has 1 nitrogen and oxygen atoms in total. The standard InChI is InChI=1S/C43H33N/c1-43(2)39-20-12-15-32-23-27-37(42(41(32)39)38-28-24-33(29-40(38)43)30-13-6-3-7-14-30)31-21-25-36(26-22-31)44(34-16-8-4-9-17-34)35-18-10-5-11-19-35/h3-29H,1-2H3. The first-order valence-corrected chi connectivity index (χ1v) is 15.4. The number of anilines is 3. The third-order valence-electron chi connectivity index (χ3n) is 9.25. The first-order valence-electron chi connectivity index (χ1n) is 15.4. The lowest BCUT2D eigenvalue weighted by molar-refractivity contribution is 0.645. The monoisotopic (exact) mass is 563 g/mol. The van der Waals surface area contributed by atoms with E-state index in [1.54, 1.807) is 0 Å². The molecule has 0 bridgehead atoms. The molecule has 1 aliphatic rings. The van der Waals surface area contributed by atoms with Gasteiger partial charge in [-0.3, -0.25) is 0 Å². The predicted molar refractivity (Wildman–Crippen MR) is 187 cm³/mol. The lowest BCUT2D eigenvalue weighted by Crippen LogP contribution is -2.24. The van der Waals surface area contributed by atoms with E-state index in [9.17, 15) is 0 Å². The quantitative estimate of drug-likeness (QED) is 0.201. The van der Waals surface area contributed by atoms with Crippen molar-refractivity contribution < 1.29 is 0 Å². The van der Waals surface area contributed by atoms with Crippen molar-refractivity contribution >= 4 is 27.8 Å². The van der Waals surface area contributed by atoms with Crippen molar-refractivity contribution in [3.63, 3.8) is 0 Å². The van der Waals surface area contributed by atoms with Gasteiger partial charge in [-0.1, -0.05) is 135 Å². The molecule has 7 aromatic rings. The van der Waals surface area contributed by atoms with Gasteiger partial charge in [0.05, 0.1) is 0 Å². The maximum atomic E-state index is 2.42. The Morgan fingerprint density at radius 2 is 0.977 bits per heavy atom. The van der Waals surface area contributed by atoms with Crippen molar-refractivity contribution in [3.8, 4) is 33.4 Å². The van der Waals surface area contributed by atoms with E-state index in [0.717, 1.165) is 17.1 Å². The van der Waals surface area contributed by atoms with Gasteiger partial charge in [-0.15, -0.1) is 0 Å². The van der Waals surface area contributed by atoms with Gasteiger partial charge in [-0.25, -0.2) is 0 Å². The fourth-order valence-electron chi connectivity index (χ4n) is 7.05. The van der Waals surface area contributed by atoms with E-state index < -0.39 is 0 Å². The number of benzene rings is 7. The first kappa shape index (κ1) is 26.2. The van der Waals surface area contributed by atoms with Crippen molar-refractivity contribution in [3.05, 3.63) is 175 Å². The molecule has 210 valence electrons. The molecule has 0 heterocycles. The van der Waals surface area contributed by atoms with Crippen LogP contribution in [0.3, 0.4) is 0 Å². The van der Waals surface area contributed by atoms with Crippen LogP contribution in [-0.4, -0.2) is 0 Å². The van der Waals surface area contributed by atoms with Gasteiger partial charge in [0, 0.05) is 22.5 Å². The topological polar surface area (TPSA) is 3.24 Å². The Hall–Kier alpha value is -5.40. The highest BCUT2D eigenvalue weighted by Gasteiger charge is 2.35. The molecule has 0 aliphatic heterocycles.